The molecule has 0 unspecified atom stereocenters. The minimum absolute atomic E-state index is 0. The van der Waals surface area contributed by atoms with Crippen molar-refractivity contribution in [2.45, 2.75) is 45.1 Å². The molecule has 0 aliphatic heterocycles. The lowest BCUT2D eigenvalue weighted by Crippen LogP contribution is -2.49. The first-order valence-electron chi connectivity index (χ1n) is 7.14. The van der Waals surface area contributed by atoms with Gasteiger partial charge in [-0.05, 0) is 12.8 Å². The van der Waals surface area contributed by atoms with Crippen LogP contribution in [0.5, 0.6) is 0 Å². The standard InChI is InChI=1S/C16H24N2O2.ClH/c1-3-16(17,4-2)12-18-15(20)11-10-14(19)13-8-6-5-7-9-13;/h5-9H,3-4,10-12,17H2,1-2H3,(H,18,20);1H. The molecular weight excluding hydrogens is 288 g/mol. The Morgan fingerprint density at radius 2 is 1.67 bits per heavy atom. The Bertz CT molecular complexity index is 445. The molecule has 0 bridgehead atoms. The summed E-state index contributed by atoms with van der Waals surface area (Å²) in [7, 11) is 0. The van der Waals surface area contributed by atoms with Crippen LogP contribution < -0.4 is 11.1 Å². The molecule has 0 heterocycles. The number of ketones is 1. The molecule has 1 aromatic carbocycles. The Morgan fingerprint density at radius 1 is 1.10 bits per heavy atom. The number of carbonyl (C=O) groups is 2. The Kier molecular flexibility index (Phi) is 8.90. The van der Waals surface area contributed by atoms with Gasteiger partial charge in [-0.2, -0.15) is 0 Å². The summed E-state index contributed by atoms with van der Waals surface area (Å²) in [5.74, 6) is -0.128. The second-order valence-electron chi connectivity index (χ2n) is 5.14. The van der Waals surface area contributed by atoms with Gasteiger partial charge in [0.25, 0.3) is 0 Å². The van der Waals surface area contributed by atoms with E-state index in [9.17, 15) is 9.59 Å². The topological polar surface area (TPSA) is 72.2 Å². The number of nitrogens with one attached hydrogen (secondary N) is 1. The fourth-order valence-electron chi connectivity index (χ4n) is 1.86. The van der Waals surface area contributed by atoms with Gasteiger partial charge in [0, 0.05) is 30.5 Å². The monoisotopic (exact) mass is 312 g/mol. The summed E-state index contributed by atoms with van der Waals surface area (Å²) in [6.45, 7) is 4.47. The molecule has 0 aliphatic rings. The van der Waals surface area contributed by atoms with Gasteiger partial charge < -0.3 is 11.1 Å². The smallest absolute Gasteiger partial charge is 0.220 e. The maximum atomic E-state index is 11.9. The van der Waals surface area contributed by atoms with E-state index in [0.717, 1.165) is 12.8 Å². The number of hydrogen-bond donors (Lipinski definition) is 2. The van der Waals surface area contributed by atoms with Crippen molar-refractivity contribution in [2.24, 2.45) is 5.73 Å². The van der Waals surface area contributed by atoms with E-state index in [1.54, 1.807) is 12.1 Å². The third-order valence-electron chi connectivity index (χ3n) is 3.72. The molecule has 5 heteroatoms. The van der Waals surface area contributed by atoms with Crippen LogP contribution in [0.25, 0.3) is 0 Å². The molecule has 21 heavy (non-hydrogen) atoms. The van der Waals surface area contributed by atoms with Crippen LogP contribution in [0.3, 0.4) is 0 Å². The number of hydrogen-bond acceptors (Lipinski definition) is 3. The van der Waals surface area contributed by atoms with E-state index in [1.807, 2.05) is 32.0 Å². The molecular formula is C16H25ClN2O2. The molecule has 0 radical (unpaired) electrons. The minimum atomic E-state index is -0.348. The summed E-state index contributed by atoms with van der Waals surface area (Å²) in [5, 5.41) is 2.82. The van der Waals surface area contributed by atoms with E-state index in [1.165, 1.54) is 0 Å². The zero-order valence-electron chi connectivity index (χ0n) is 12.7. The van der Waals surface area contributed by atoms with Crippen molar-refractivity contribution >= 4 is 24.1 Å². The van der Waals surface area contributed by atoms with E-state index in [2.05, 4.69) is 5.32 Å². The van der Waals surface area contributed by atoms with Crippen LogP contribution in [-0.2, 0) is 4.79 Å². The third kappa shape index (κ3) is 6.74. The van der Waals surface area contributed by atoms with Crippen LogP contribution in [-0.4, -0.2) is 23.8 Å². The first-order valence-corrected chi connectivity index (χ1v) is 7.14. The van der Waals surface area contributed by atoms with Crippen LogP contribution in [0.2, 0.25) is 0 Å². The second-order valence-corrected chi connectivity index (χ2v) is 5.14. The first-order chi connectivity index (χ1) is 9.50. The highest BCUT2D eigenvalue weighted by molar-refractivity contribution is 5.97. The van der Waals surface area contributed by atoms with Crippen molar-refractivity contribution in [1.29, 1.82) is 0 Å². The van der Waals surface area contributed by atoms with Gasteiger partial charge in [-0.3, -0.25) is 9.59 Å². The van der Waals surface area contributed by atoms with E-state index >= 15 is 0 Å². The molecule has 0 saturated carbocycles. The van der Waals surface area contributed by atoms with Gasteiger partial charge in [0.2, 0.25) is 5.91 Å². The van der Waals surface area contributed by atoms with Crippen molar-refractivity contribution in [3.05, 3.63) is 35.9 Å². The van der Waals surface area contributed by atoms with Crippen LogP contribution in [0.4, 0.5) is 0 Å². The Hall–Kier alpha value is -1.39. The lowest BCUT2D eigenvalue weighted by Gasteiger charge is -2.26. The third-order valence-corrected chi connectivity index (χ3v) is 3.72. The van der Waals surface area contributed by atoms with Crippen molar-refractivity contribution in [2.75, 3.05) is 6.54 Å². The molecule has 0 aromatic heterocycles. The summed E-state index contributed by atoms with van der Waals surface area (Å²) < 4.78 is 0. The van der Waals surface area contributed by atoms with Crippen LogP contribution >= 0.6 is 12.4 Å². The van der Waals surface area contributed by atoms with Gasteiger partial charge in [-0.15, -0.1) is 12.4 Å². The quantitative estimate of drug-likeness (QED) is 0.725. The molecule has 4 nitrogen and oxygen atoms in total. The van der Waals surface area contributed by atoms with Gasteiger partial charge in [-0.25, -0.2) is 0 Å². The maximum Gasteiger partial charge on any atom is 0.220 e. The Balaban J connectivity index is 0.00000400. The summed E-state index contributed by atoms with van der Waals surface area (Å²) >= 11 is 0. The summed E-state index contributed by atoms with van der Waals surface area (Å²) in [6, 6.07) is 9.02. The summed E-state index contributed by atoms with van der Waals surface area (Å²) in [4.78, 5) is 23.6. The lowest BCUT2D eigenvalue weighted by atomic mass is 9.94. The molecule has 0 aliphatic carbocycles. The number of halogens is 1. The lowest BCUT2D eigenvalue weighted by molar-refractivity contribution is -0.121. The number of rotatable bonds is 8. The van der Waals surface area contributed by atoms with E-state index in [0.29, 0.717) is 12.1 Å². The Labute approximate surface area is 132 Å². The molecule has 1 aromatic rings. The summed E-state index contributed by atoms with van der Waals surface area (Å²) in [5.41, 5.74) is 6.41. The normalized spacial score (nSPS) is 10.6. The molecule has 118 valence electrons. The molecule has 0 fully saturated rings. The molecule has 1 rings (SSSR count). The van der Waals surface area contributed by atoms with Crippen molar-refractivity contribution in [3.8, 4) is 0 Å². The van der Waals surface area contributed by atoms with E-state index in [-0.39, 0.29) is 42.5 Å². The van der Waals surface area contributed by atoms with E-state index < -0.39 is 0 Å². The highest BCUT2D eigenvalue weighted by Gasteiger charge is 2.20. The highest BCUT2D eigenvalue weighted by Crippen LogP contribution is 2.10. The first kappa shape index (κ1) is 19.6. The van der Waals surface area contributed by atoms with Crippen LogP contribution in [0.15, 0.2) is 30.3 Å². The van der Waals surface area contributed by atoms with Gasteiger partial charge in [0.15, 0.2) is 5.78 Å². The zero-order valence-corrected chi connectivity index (χ0v) is 13.5. The largest absolute Gasteiger partial charge is 0.354 e. The number of carbonyl (C=O) groups excluding carboxylic acids is 2. The highest BCUT2D eigenvalue weighted by atomic mass is 35.5. The zero-order chi connectivity index (χ0) is 15.0. The summed E-state index contributed by atoms with van der Waals surface area (Å²) in [6.07, 6.45) is 2.06. The minimum Gasteiger partial charge on any atom is -0.354 e. The average Bonchev–Trinajstić information content (AvgIpc) is 2.51. The van der Waals surface area contributed by atoms with Crippen LogP contribution in [0.1, 0.15) is 49.9 Å². The predicted octanol–water partition coefficient (Wildman–Crippen LogP) is 2.71. The van der Waals surface area contributed by atoms with Gasteiger partial charge in [-0.1, -0.05) is 44.2 Å². The average molecular weight is 313 g/mol. The van der Waals surface area contributed by atoms with Crippen molar-refractivity contribution in [3.63, 3.8) is 0 Å². The SMILES string of the molecule is CCC(N)(CC)CNC(=O)CCC(=O)c1ccccc1.Cl. The molecule has 3 N–H and O–H groups in total. The maximum absolute atomic E-state index is 11.9. The second kappa shape index (κ2) is 9.53. The molecule has 0 saturated heterocycles. The number of nitrogens with two attached hydrogens (primary N) is 1. The molecule has 0 spiro atoms. The van der Waals surface area contributed by atoms with Gasteiger partial charge >= 0.3 is 0 Å². The Morgan fingerprint density at radius 3 is 2.19 bits per heavy atom. The van der Waals surface area contributed by atoms with Crippen molar-refractivity contribution in [1.82, 2.24) is 5.32 Å². The molecule has 1 amide bonds. The number of Topliss-reactive ketones (excluding diaryl/α,β-unsaturated/α-hetero) is 1. The fourth-order valence-corrected chi connectivity index (χ4v) is 1.86. The van der Waals surface area contributed by atoms with Gasteiger partial charge in [0.1, 0.15) is 0 Å². The van der Waals surface area contributed by atoms with Crippen molar-refractivity contribution < 1.29 is 9.59 Å². The predicted molar refractivity (Wildman–Crippen MR) is 87.8 cm³/mol. The number of amides is 1. The van der Waals surface area contributed by atoms with Gasteiger partial charge in [0.05, 0.1) is 0 Å². The molecule has 0 atom stereocenters. The fraction of sp³-hybridized carbons (Fsp3) is 0.500. The van der Waals surface area contributed by atoms with Crippen LogP contribution in [0, 0.1) is 0 Å². The van der Waals surface area contributed by atoms with E-state index in [4.69, 9.17) is 5.73 Å². The number of benzene rings is 1.